The second-order valence-electron chi connectivity index (χ2n) is 5.25. The van der Waals surface area contributed by atoms with E-state index in [9.17, 15) is 0 Å². The second-order valence-corrected chi connectivity index (χ2v) is 5.25. The van der Waals surface area contributed by atoms with E-state index in [1.54, 1.807) is 5.57 Å². The third-order valence-corrected chi connectivity index (χ3v) is 3.98. The topological polar surface area (TPSA) is 0 Å². The van der Waals surface area contributed by atoms with E-state index in [0.29, 0.717) is 0 Å². The lowest BCUT2D eigenvalue weighted by molar-refractivity contribution is 0.674. The summed E-state index contributed by atoms with van der Waals surface area (Å²) in [6.45, 7) is 0. The minimum absolute atomic E-state index is 1.19. The molecule has 0 saturated heterocycles. The van der Waals surface area contributed by atoms with E-state index >= 15 is 0 Å². The fourth-order valence-corrected chi connectivity index (χ4v) is 2.94. The molecule has 0 nitrogen and oxygen atoms in total. The molecule has 2 aromatic rings. The van der Waals surface area contributed by atoms with Crippen LogP contribution in [0.2, 0.25) is 0 Å². The molecule has 0 radical (unpaired) electrons. The van der Waals surface area contributed by atoms with Crippen molar-refractivity contribution in [3.05, 3.63) is 59.7 Å². The summed E-state index contributed by atoms with van der Waals surface area (Å²) >= 11 is 0. The van der Waals surface area contributed by atoms with Crippen molar-refractivity contribution in [2.45, 2.75) is 38.5 Å². The molecular formula is C18H20. The predicted octanol–water partition coefficient (Wildman–Crippen LogP) is 5.27. The molecule has 0 atom stereocenters. The van der Waals surface area contributed by atoms with Crippen LogP contribution in [0.5, 0.6) is 0 Å². The molecule has 0 aliphatic heterocycles. The zero-order valence-electron chi connectivity index (χ0n) is 10.9. The molecule has 1 aliphatic carbocycles. The van der Waals surface area contributed by atoms with Crippen molar-refractivity contribution in [1.29, 1.82) is 0 Å². The Kier molecular flexibility index (Phi) is 3.45. The van der Waals surface area contributed by atoms with Gasteiger partial charge in [0.15, 0.2) is 0 Å². The maximum Gasteiger partial charge on any atom is -0.0152 e. The first-order valence-corrected chi connectivity index (χ1v) is 7.08. The number of fused-ring (bicyclic) bond motifs is 1. The van der Waals surface area contributed by atoms with Crippen molar-refractivity contribution in [2.24, 2.45) is 0 Å². The summed E-state index contributed by atoms with van der Waals surface area (Å²) in [5.41, 5.74) is 3.17. The summed E-state index contributed by atoms with van der Waals surface area (Å²) in [6.07, 6.45) is 10.3. The highest BCUT2D eigenvalue weighted by molar-refractivity contribution is 5.85. The zero-order chi connectivity index (χ0) is 12.2. The average Bonchev–Trinajstić information content (AvgIpc) is 2.46. The van der Waals surface area contributed by atoms with E-state index in [1.807, 2.05) is 0 Å². The lowest BCUT2D eigenvalue weighted by atomic mass is 9.93. The third kappa shape index (κ3) is 2.48. The molecule has 0 saturated carbocycles. The summed E-state index contributed by atoms with van der Waals surface area (Å²) in [6, 6.07) is 15.4. The Hall–Kier alpha value is -1.56. The summed E-state index contributed by atoms with van der Waals surface area (Å²) in [5, 5.41) is 2.80. The molecule has 18 heavy (non-hydrogen) atoms. The molecule has 92 valence electrons. The average molecular weight is 236 g/mol. The number of allylic oxidation sites excluding steroid dienone is 2. The van der Waals surface area contributed by atoms with E-state index in [0.717, 1.165) is 0 Å². The van der Waals surface area contributed by atoms with Gasteiger partial charge in [-0.25, -0.2) is 0 Å². The van der Waals surface area contributed by atoms with Gasteiger partial charge in [-0.2, -0.15) is 0 Å². The van der Waals surface area contributed by atoms with Crippen LogP contribution in [0.25, 0.3) is 10.8 Å². The largest absolute Gasteiger partial charge is 0.0853 e. The van der Waals surface area contributed by atoms with Crippen LogP contribution in [0.1, 0.15) is 37.7 Å². The van der Waals surface area contributed by atoms with Gasteiger partial charge >= 0.3 is 0 Å². The second kappa shape index (κ2) is 5.39. The van der Waals surface area contributed by atoms with Crippen LogP contribution < -0.4 is 0 Å². The predicted molar refractivity (Wildman–Crippen MR) is 78.8 cm³/mol. The van der Waals surface area contributed by atoms with Crippen LogP contribution in [0.3, 0.4) is 0 Å². The summed E-state index contributed by atoms with van der Waals surface area (Å²) in [5.74, 6) is 0. The molecule has 0 N–H and O–H groups in total. The monoisotopic (exact) mass is 236 g/mol. The standard InChI is InChI=1S/C18H20/c1-2-7-15(8-3-1)13-14-17-11-6-10-16-9-4-5-12-18(16)17/h4-7,9-12H,1-3,8,13-14H2. The van der Waals surface area contributed by atoms with Gasteiger partial charge in [0.1, 0.15) is 0 Å². The van der Waals surface area contributed by atoms with Crippen molar-refractivity contribution in [3.63, 3.8) is 0 Å². The van der Waals surface area contributed by atoms with Crippen molar-refractivity contribution in [1.82, 2.24) is 0 Å². The maximum absolute atomic E-state index is 2.47. The molecule has 0 aromatic heterocycles. The van der Waals surface area contributed by atoms with Gasteiger partial charge in [0.05, 0.1) is 0 Å². The Labute approximate surface area is 109 Å². The maximum atomic E-state index is 2.47. The van der Waals surface area contributed by atoms with Gasteiger partial charge in [-0.3, -0.25) is 0 Å². The van der Waals surface area contributed by atoms with Gasteiger partial charge in [0.2, 0.25) is 0 Å². The fourth-order valence-electron chi connectivity index (χ4n) is 2.94. The quantitative estimate of drug-likeness (QED) is 0.637. The van der Waals surface area contributed by atoms with Crippen molar-refractivity contribution in [2.75, 3.05) is 0 Å². The first kappa shape index (κ1) is 11.5. The Bertz CT molecular complexity index is 558. The summed E-state index contributed by atoms with van der Waals surface area (Å²) in [7, 11) is 0. The van der Waals surface area contributed by atoms with Crippen molar-refractivity contribution >= 4 is 10.8 Å². The molecule has 0 unspecified atom stereocenters. The smallest absolute Gasteiger partial charge is 0.0152 e. The minimum Gasteiger partial charge on any atom is -0.0853 e. The summed E-state index contributed by atoms with van der Waals surface area (Å²) in [4.78, 5) is 0. The molecule has 0 amide bonds. The molecule has 3 rings (SSSR count). The Morgan fingerprint density at radius 2 is 1.72 bits per heavy atom. The van der Waals surface area contributed by atoms with Crippen LogP contribution in [0.15, 0.2) is 54.1 Å². The minimum atomic E-state index is 1.19. The third-order valence-electron chi connectivity index (χ3n) is 3.98. The van der Waals surface area contributed by atoms with E-state index in [2.05, 4.69) is 48.5 Å². The SMILES string of the molecule is C1=C(CCc2cccc3ccccc23)CCCC1. The molecule has 2 aromatic carbocycles. The number of benzene rings is 2. The highest BCUT2D eigenvalue weighted by Gasteiger charge is 2.05. The van der Waals surface area contributed by atoms with Crippen LogP contribution in [-0.4, -0.2) is 0 Å². The Morgan fingerprint density at radius 1 is 0.833 bits per heavy atom. The van der Waals surface area contributed by atoms with Crippen LogP contribution in [0.4, 0.5) is 0 Å². The lowest BCUT2D eigenvalue weighted by Gasteiger charge is -2.13. The van der Waals surface area contributed by atoms with E-state index in [-0.39, 0.29) is 0 Å². The van der Waals surface area contributed by atoms with Gasteiger partial charge in [-0.1, -0.05) is 54.1 Å². The Balaban J connectivity index is 1.80. The normalized spacial score (nSPS) is 15.7. The van der Waals surface area contributed by atoms with E-state index in [1.165, 1.54) is 54.9 Å². The first-order chi connectivity index (χ1) is 8.93. The molecule has 1 aliphatic rings. The first-order valence-electron chi connectivity index (χ1n) is 7.08. The van der Waals surface area contributed by atoms with Crippen LogP contribution in [0, 0.1) is 0 Å². The highest BCUT2D eigenvalue weighted by Crippen LogP contribution is 2.24. The molecule has 0 fully saturated rings. The molecular weight excluding hydrogens is 216 g/mol. The van der Waals surface area contributed by atoms with Crippen LogP contribution >= 0.6 is 0 Å². The number of rotatable bonds is 3. The van der Waals surface area contributed by atoms with Gasteiger partial charge < -0.3 is 0 Å². The zero-order valence-corrected chi connectivity index (χ0v) is 10.9. The van der Waals surface area contributed by atoms with Crippen molar-refractivity contribution < 1.29 is 0 Å². The number of hydrogen-bond acceptors (Lipinski definition) is 0. The molecule has 0 bridgehead atoms. The number of hydrogen-bond donors (Lipinski definition) is 0. The van der Waals surface area contributed by atoms with Gasteiger partial charge in [-0.05, 0) is 54.9 Å². The molecule has 0 heteroatoms. The molecule has 0 spiro atoms. The van der Waals surface area contributed by atoms with Crippen LogP contribution in [-0.2, 0) is 6.42 Å². The Morgan fingerprint density at radius 3 is 2.61 bits per heavy atom. The fraction of sp³-hybridized carbons (Fsp3) is 0.333. The van der Waals surface area contributed by atoms with Gasteiger partial charge in [0.25, 0.3) is 0 Å². The van der Waals surface area contributed by atoms with E-state index < -0.39 is 0 Å². The lowest BCUT2D eigenvalue weighted by Crippen LogP contribution is -1.95. The highest BCUT2D eigenvalue weighted by atomic mass is 14.1. The molecule has 0 heterocycles. The van der Waals surface area contributed by atoms with Gasteiger partial charge in [0, 0.05) is 0 Å². The van der Waals surface area contributed by atoms with E-state index in [4.69, 9.17) is 0 Å². The van der Waals surface area contributed by atoms with Gasteiger partial charge in [-0.15, -0.1) is 0 Å². The van der Waals surface area contributed by atoms with Crippen molar-refractivity contribution in [3.8, 4) is 0 Å². The summed E-state index contributed by atoms with van der Waals surface area (Å²) < 4.78 is 0. The number of aryl methyl sites for hydroxylation is 1.